The Bertz CT molecular complexity index is 1210. The maximum atomic E-state index is 2.43. The summed E-state index contributed by atoms with van der Waals surface area (Å²) in [6, 6.07) is 32.8. The van der Waals surface area contributed by atoms with Gasteiger partial charge in [0.1, 0.15) is 0 Å². The lowest BCUT2D eigenvalue weighted by atomic mass is 9.91. The van der Waals surface area contributed by atoms with Crippen LogP contribution in [0, 0.1) is 0 Å². The summed E-state index contributed by atoms with van der Waals surface area (Å²) in [4.78, 5) is 0. The van der Waals surface area contributed by atoms with Crippen molar-refractivity contribution in [3.8, 4) is 0 Å². The van der Waals surface area contributed by atoms with Gasteiger partial charge in [0.15, 0.2) is 0 Å². The molecule has 0 radical (unpaired) electrons. The second kappa shape index (κ2) is 9.47. The van der Waals surface area contributed by atoms with E-state index in [4.69, 9.17) is 0 Å². The average Bonchev–Trinajstić information content (AvgIpc) is 2.86. The molecular formula is C34H32. The van der Waals surface area contributed by atoms with Crippen LogP contribution < -0.4 is 0 Å². The number of hydrogen-bond donors (Lipinski definition) is 0. The molecule has 34 heavy (non-hydrogen) atoms. The summed E-state index contributed by atoms with van der Waals surface area (Å²) in [7, 11) is 0. The van der Waals surface area contributed by atoms with Crippen LogP contribution in [0.2, 0.25) is 0 Å². The Balaban J connectivity index is 1.32. The van der Waals surface area contributed by atoms with Crippen molar-refractivity contribution in [2.24, 2.45) is 0 Å². The van der Waals surface area contributed by atoms with Crippen LogP contribution >= 0.6 is 0 Å². The average molecular weight is 441 g/mol. The van der Waals surface area contributed by atoms with Crippen molar-refractivity contribution < 1.29 is 0 Å². The third-order valence-corrected chi connectivity index (χ3v) is 7.68. The number of benzene rings is 4. The molecule has 0 fully saturated rings. The Morgan fingerprint density at radius 2 is 0.618 bits per heavy atom. The highest BCUT2D eigenvalue weighted by atomic mass is 14.1. The van der Waals surface area contributed by atoms with Gasteiger partial charge in [-0.1, -0.05) is 97.1 Å². The summed E-state index contributed by atoms with van der Waals surface area (Å²) in [5.41, 5.74) is 14.3. The molecule has 0 aliphatic heterocycles. The van der Waals surface area contributed by atoms with Crippen LogP contribution in [0.25, 0.3) is 12.2 Å². The summed E-state index contributed by atoms with van der Waals surface area (Å²) in [5, 5.41) is 0. The van der Waals surface area contributed by atoms with Crippen molar-refractivity contribution in [1.29, 1.82) is 0 Å². The van der Waals surface area contributed by atoms with Gasteiger partial charge in [0.05, 0.1) is 0 Å². The second-order valence-electron chi connectivity index (χ2n) is 10.0. The molecule has 0 unspecified atom stereocenters. The van der Waals surface area contributed by atoms with Crippen LogP contribution in [0.4, 0.5) is 0 Å². The Labute approximate surface area is 204 Å². The van der Waals surface area contributed by atoms with Gasteiger partial charge in [0, 0.05) is 0 Å². The molecule has 8 bridgehead atoms. The third kappa shape index (κ3) is 4.77. The molecule has 8 aliphatic carbocycles. The van der Waals surface area contributed by atoms with Crippen LogP contribution in [0.1, 0.15) is 55.6 Å². The highest BCUT2D eigenvalue weighted by Gasteiger charge is 2.09. The molecule has 0 aromatic heterocycles. The molecule has 0 amide bonds. The molecule has 12 rings (SSSR count). The standard InChI is InChI=1S/C34H32/c1-5-27-6-2-25(1)9-11-29-15-19-31(17-13-27)33(23-29)21-22-34-24-30-12-10-26-3-7-28(8-4-26)14-18-32(34)20-16-30/h1-8,15-16,19-24H,9-14,17-18H2/b22-21+. The van der Waals surface area contributed by atoms with Crippen LogP contribution in [0.15, 0.2) is 84.9 Å². The summed E-state index contributed by atoms with van der Waals surface area (Å²) in [5.74, 6) is 0. The molecular weight excluding hydrogens is 408 g/mol. The summed E-state index contributed by atoms with van der Waals surface area (Å²) in [6.07, 6.45) is 13.5. The van der Waals surface area contributed by atoms with Crippen LogP contribution in [0.5, 0.6) is 0 Å². The van der Waals surface area contributed by atoms with Crippen molar-refractivity contribution in [3.63, 3.8) is 0 Å². The Kier molecular flexibility index (Phi) is 5.90. The first kappa shape index (κ1) is 21.2. The molecule has 0 nitrogen and oxygen atoms in total. The third-order valence-electron chi connectivity index (χ3n) is 7.68. The SMILES string of the molecule is C(=C\c1cc2ccc1CCc1ccc(cc1)CC2)/c1cc2ccc1CCc1ccc(cc1)CC2. The minimum atomic E-state index is 1.09. The topological polar surface area (TPSA) is 0 Å². The first-order valence-corrected chi connectivity index (χ1v) is 12.9. The molecule has 4 aromatic rings. The van der Waals surface area contributed by atoms with E-state index in [0.29, 0.717) is 0 Å². The summed E-state index contributed by atoms with van der Waals surface area (Å²) in [6.45, 7) is 0. The number of rotatable bonds is 2. The smallest absolute Gasteiger partial charge is 0.0221 e. The first-order valence-electron chi connectivity index (χ1n) is 12.9. The van der Waals surface area contributed by atoms with Crippen molar-refractivity contribution in [3.05, 3.63) is 141 Å². The van der Waals surface area contributed by atoms with Gasteiger partial charge in [-0.15, -0.1) is 0 Å². The van der Waals surface area contributed by atoms with Gasteiger partial charge in [-0.2, -0.15) is 0 Å². The molecule has 0 heterocycles. The molecule has 0 spiro atoms. The van der Waals surface area contributed by atoms with Crippen molar-refractivity contribution in [1.82, 2.24) is 0 Å². The maximum absolute atomic E-state index is 2.43. The molecule has 0 heteroatoms. The van der Waals surface area contributed by atoms with E-state index in [1.807, 2.05) is 0 Å². The van der Waals surface area contributed by atoms with Crippen molar-refractivity contribution in [2.45, 2.75) is 51.4 Å². The monoisotopic (exact) mass is 440 g/mol. The molecule has 168 valence electrons. The van der Waals surface area contributed by atoms with Gasteiger partial charge in [-0.05, 0) is 107 Å². The molecule has 4 aromatic carbocycles. The normalized spacial score (nSPS) is 15.2. The van der Waals surface area contributed by atoms with E-state index in [2.05, 4.69) is 97.1 Å². The van der Waals surface area contributed by atoms with Crippen LogP contribution in [-0.4, -0.2) is 0 Å². The lowest BCUT2D eigenvalue weighted by Gasteiger charge is -2.14. The molecule has 0 saturated heterocycles. The highest BCUT2D eigenvalue weighted by molar-refractivity contribution is 5.73. The molecule has 0 saturated carbocycles. The molecule has 8 aliphatic rings. The zero-order chi connectivity index (χ0) is 22.7. The fourth-order valence-electron chi connectivity index (χ4n) is 5.43. The first-order chi connectivity index (χ1) is 16.8. The lowest BCUT2D eigenvalue weighted by Crippen LogP contribution is -2.01. The fraction of sp³-hybridized carbons (Fsp3) is 0.235. The van der Waals surface area contributed by atoms with Gasteiger partial charge in [-0.25, -0.2) is 0 Å². The Morgan fingerprint density at radius 3 is 1.00 bits per heavy atom. The predicted octanol–water partition coefficient (Wildman–Crippen LogP) is 7.62. The van der Waals surface area contributed by atoms with Gasteiger partial charge in [0.25, 0.3) is 0 Å². The van der Waals surface area contributed by atoms with E-state index in [-0.39, 0.29) is 0 Å². The van der Waals surface area contributed by atoms with Gasteiger partial charge in [0.2, 0.25) is 0 Å². The zero-order valence-electron chi connectivity index (χ0n) is 19.9. The van der Waals surface area contributed by atoms with Crippen molar-refractivity contribution in [2.75, 3.05) is 0 Å². The summed E-state index contributed by atoms with van der Waals surface area (Å²) < 4.78 is 0. The Morgan fingerprint density at radius 1 is 0.324 bits per heavy atom. The fourth-order valence-corrected chi connectivity index (χ4v) is 5.43. The van der Waals surface area contributed by atoms with E-state index in [1.54, 1.807) is 0 Å². The van der Waals surface area contributed by atoms with E-state index in [1.165, 1.54) is 55.6 Å². The van der Waals surface area contributed by atoms with E-state index in [0.717, 1.165) is 51.4 Å². The van der Waals surface area contributed by atoms with Gasteiger partial charge >= 0.3 is 0 Å². The lowest BCUT2D eigenvalue weighted by molar-refractivity contribution is 0.918. The van der Waals surface area contributed by atoms with Crippen LogP contribution in [-0.2, 0) is 51.4 Å². The number of aryl methyl sites for hydroxylation is 8. The zero-order valence-corrected chi connectivity index (χ0v) is 19.9. The van der Waals surface area contributed by atoms with E-state index >= 15 is 0 Å². The van der Waals surface area contributed by atoms with Gasteiger partial charge in [-0.3, -0.25) is 0 Å². The second-order valence-corrected chi connectivity index (χ2v) is 10.0. The minimum absolute atomic E-state index is 1.09. The van der Waals surface area contributed by atoms with E-state index < -0.39 is 0 Å². The van der Waals surface area contributed by atoms with Gasteiger partial charge < -0.3 is 0 Å². The Hall–Kier alpha value is -3.38. The molecule has 0 N–H and O–H groups in total. The largest absolute Gasteiger partial charge is 0.0588 e. The molecule has 0 atom stereocenters. The highest BCUT2D eigenvalue weighted by Crippen LogP contribution is 2.24. The minimum Gasteiger partial charge on any atom is -0.0588 e. The summed E-state index contributed by atoms with van der Waals surface area (Å²) >= 11 is 0. The van der Waals surface area contributed by atoms with Crippen LogP contribution in [0.3, 0.4) is 0 Å². The number of hydrogen-bond acceptors (Lipinski definition) is 0. The predicted molar refractivity (Wildman–Crippen MR) is 144 cm³/mol. The maximum Gasteiger partial charge on any atom is -0.0221 e. The quantitative estimate of drug-likeness (QED) is 0.281. The van der Waals surface area contributed by atoms with E-state index in [9.17, 15) is 0 Å². The van der Waals surface area contributed by atoms with Crippen molar-refractivity contribution >= 4 is 12.2 Å².